The topological polar surface area (TPSA) is 75.3 Å². The van der Waals surface area contributed by atoms with Gasteiger partial charge in [0.2, 0.25) is 15.9 Å². The number of hydrogen-bond acceptors (Lipinski definition) is 4. The molecule has 0 aliphatic rings. The fraction of sp³-hybridized carbons (Fsp3) is 0.316. The lowest BCUT2D eigenvalue weighted by molar-refractivity contribution is -0.122. The molecule has 1 atom stereocenters. The molecule has 2 aromatic rings. The summed E-state index contributed by atoms with van der Waals surface area (Å²) in [5.41, 5.74) is 2.06. The van der Waals surface area contributed by atoms with Crippen molar-refractivity contribution in [1.29, 1.82) is 0 Å². The Morgan fingerprint density at radius 1 is 1.14 bits per heavy atom. The highest BCUT2D eigenvalue weighted by Gasteiger charge is 2.27. The molecule has 0 aliphatic heterocycles. The van der Waals surface area contributed by atoms with Crippen LogP contribution in [0.4, 0.5) is 0 Å². The second-order valence-electron chi connectivity index (χ2n) is 6.23. The maximum absolute atomic E-state index is 12.8. The van der Waals surface area contributed by atoms with Gasteiger partial charge in [0.1, 0.15) is 10.9 Å². The van der Waals surface area contributed by atoms with Crippen LogP contribution in [0.1, 0.15) is 17.5 Å². The van der Waals surface area contributed by atoms with E-state index in [-0.39, 0.29) is 14.9 Å². The first-order chi connectivity index (χ1) is 13.2. The molecule has 0 radical (unpaired) electrons. The summed E-state index contributed by atoms with van der Waals surface area (Å²) in [5.74, 6) is 0.227. The number of benzene rings is 2. The molecule has 2 rings (SSSR count). The highest BCUT2D eigenvalue weighted by atomic mass is 35.5. The summed E-state index contributed by atoms with van der Waals surface area (Å²) in [7, 11) is -4.01. The van der Waals surface area contributed by atoms with Crippen LogP contribution in [0.15, 0.2) is 47.4 Å². The van der Waals surface area contributed by atoms with Gasteiger partial charge in [0.05, 0.1) is 5.02 Å². The van der Waals surface area contributed by atoms with Gasteiger partial charge in [-0.2, -0.15) is 16.5 Å². The van der Waals surface area contributed by atoms with Crippen molar-refractivity contribution in [3.8, 4) is 0 Å². The quantitative estimate of drug-likeness (QED) is 0.592. The van der Waals surface area contributed by atoms with Crippen LogP contribution in [0, 0.1) is 6.92 Å². The van der Waals surface area contributed by atoms with Crippen LogP contribution in [-0.2, 0) is 21.4 Å². The second kappa shape index (κ2) is 10.5. The Bertz CT molecular complexity index is 919. The summed E-state index contributed by atoms with van der Waals surface area (Å²) in [6.07, 6.45) is 2.24. The molecule has 0 saturated heterocycles. The SMILES string of the molecule is CSCCC(NS(=O)(=O)c1cc(Cl)ccc1Cl)C(=O)NCc1ccc(C)cc1. The fourth-order valence-corrected chi connectivity index (χ4v) is 4.90. The van der Waals surface area contributed by atoms with E-state index in [1.165, 1.54) is 30.0 Å². The first-order valence-electron chi connectivity index (χ1n) is 8.52. The Kier molecular flexibility index (Phi) is 8.64. The molecule has 152 valence electrons. The van der Waals surface area contributed by atoms with E-state index in [4.69, 9.17) is 23.2 Å². The molecule has 0 aromatic heterocycles. The third-order valence-corrected chi connectivity index (χ3v) is 6.83. The van der Waals surface area contributed by atoms with Crippen LogP contribution in [-0.4, -0.2) is 32.4 Å². The van der Waals surface area contributed by atoms with Crippen LogP contribution >= 0.6 is 35.0 Å². The van der Waals surface area contributed by atoms with Gasteiger partial charge in [-0.3, -0.25) is 4.79 Å². The minimum Gasteiger partial charge on any atom is -0.351 e. The molecule has 0 fully saturated rings. The second-order valence-corrected chi connectivity index (χ2v) is 9.75. The standard InChI is InChI=1S/C19H22Cl2N2O3S2/c1-13-3-5-14(6-4-13)12-22-19(24)17(9-10-27-2)23-28(25,26)18-11-15(20)7-8-16(18)21/h3-8,11,17,23H,9-10,12H2,1-2H3,(H,22,24). The number of carbonyl (C=O) groups excluding carboxylic acids is 1. The first-order valence-corrected chi connectivity index (χ1v) is 12.2. The number of carbonyl (C=O) groups is 1. The van der Waals surface area contributed by atoms with Crippen LogP contribution in [0.25, 0.3) is 0 Å². The molecule has 5 nitrogen and oxygen atoms in total. The summed E-state index contributed by atoms with van der Waals surface area (Å²) in [4.78, 5) is 12.5. The van der Waals surface area contributed by atoms with Crippen molar-refractivity contribution in [2.45, 2.75) is 30.8 Å². The van der Waals surface area contributed by atoms with Crippen molar-refractivity contribution in [1.82, 2.24) is 10.0 Å². The molecule has 2 N–H and O–H groups in total. The van der Waals surface area contributed by atoms with Gasteiger partial charge in [0.25, 0.3) is 0 Å². The van der Waals surface area contributed by atoms with Gasteiger partial charge in [-0.1, -0.05) is 53.0 Å². The normalized spacial score (nSPS) is 12.6. The van der Waals surface area contributed by atoms with Crippen LogP contribution in [0.3, 0.4) is 0 Å². The minimum atomic E-state index is -4.01. The van der Waals surface area contributed by atoms with Crippen molar-refractivity contribution in [3.63, 3.8) is 0 Å². The van der Waals surface area contributed by atoms with Gasteiger partial charge in [-0.25, -0.2) is 8.42 Å². The average molecular weight is 461 g/mol. The van der Waals surface area contributed by atoms with Gasteiger partial charge in [0, 0.05) is 11.6 Å². The van der Waals surface area contributed by atoms with E-state index in [1.807, 2.05) is 37.4 Å². The first kappa shape index (κ1) is 23.0. The number of amides is 1. The highest BCUT2D eigenvalue weighted by molar-refractivity contribution is 7.98. The number of halogens is 2. The summed E-state index contributed by atoms with van der Waals surface area (Å²) < 4.78 is 28.0. The number of sulfonamides is 1. The molecule has 1 unspecified atom stereocenters. The molecule has 0 heterocycles. The van der Waals surface area contributed by atoms with Crippen molar-refractivity contribution >= 4 is 50.9 Å². The van der Waals surface area contributed by atoms with E-state index in [0.29, 0.717) is 18.7 Å². The van der Waals surface area contributed by atoms with Gasteiger partial charge >= 0.3 is 0 Å². The van der Waals surface area contributed by atoms with E-state index in [1.54, 1.807) is 0 Å². The minimum absolute atomic E-state index is 0.0422. The summed E-state index contributed by atoms with van der Waals surface area (Å²) in [6, 6.07) is 11.0. The van der Waals surface area contributed by atoms with Gasteiger partial charge < -0.3 is 5.32 Å². The van der Waals surface area contributed by atoms with Crippen molar-refractivity contribution in [2.24, 2.45) is 0 Å². The Morgan fingerprint density at radius 3 is 2.46 bits per heavy atom. The number of rotatable bonds is 9. The maximum atomic E-state index is 12.8. The predicted molar refractivity (Wildman–Crippen MR) is 117 cm³/mol. The summed E-state index contributed by atoms with van der Waals surface area (Å²) in [6.45, 7) is 2.30. The molecule has 9 heteroatoms. The maximum Gasteiger partial charge on any atom is 0.242 e. The summed E-state index contributed by atoms with van der Waals surface area (Å²) in [5, 5.41) is 3.08. The zero-order valence-corrected chi connectivity index (χ0v) is 18.7. The molecular formula is C19H22Cl2N2O3S2. The van der Waals surface area contributed by atoms with Crippen molar-refractivity contribution < 1.29 is 13.2 Å². The smallest absolute Gasteiger partial charge is 0.242 e. The Morgan fingerprint density at radius 2 is 1.82 bits per heavy atom. The van der Waals surface area contributed by atoms with Gasteiger partial charge in [-0.15, -0.1) is 0 Å². The third-order valence-electron chi connectivity index (χ3n) is 3.99. The zero-order valence-electron chi connectivity index (χ0n) is 15.5. The highest BCUT2D eigenvalue weighted by Crippen LogP contribution is 2.25. The monoisotopic (exact) mass is 460 g/mol. The van der Waals surface area contributed by atoms with Gasteiger partial charge in [0.15, 0.2) is 0 Å². The molecule has 28 heavy (non-hydrogen) atoms. The van der Waals surface area contributed by atoms with E-state index >= 15 is 0 Å². The zero-order chi connectivity index (χ0) is 20.7. The fourth-order valence-electron chi connectivity index (χ4n) is 2.43. The molecule has 0 saturated carbocycles. The van der Waals surface area contributed by atoms with Crippen LogP contribution in [0.5, 0.6) is 0 Å². The Balaban J connectivity index is 2.14. The molecular weight excluding hydrogens is 439 g/mol. The van der Waals surface area contributed by atoms with Crippen LogP contribution in [0.2, 0.25) is 10.0 Å². The average Bonchev–Trinajstić information content (AvgIpc) is 2.66. The molecule has 0 spiro atoms. The molecule has 2 aromatic carbocycles. The molecule has 1 amide bonds. The number of nitrogens with one attached hydrogen (secondary N) is 2. The molecule has 0 aliphatic carbocycles. The number of aryl methyl sites for hydroxylation is 1. The van der Waals surface area contributed by atoms with Gasteiger partial charge in [-0.05, 0) is 49.1 Å². The third kappa shape index (κ3) is 6.67. The van der Waals surface area contributed by atoms with E-state index < -0.39 is 22.0 Å². The lowest BCUT2D eigenvalue weighted by Gasteiger charge is -2.19. The lowest BCUT2D eigenvalue weighted by Crippen LogP contribution is -2.46. The van der Waals surface area contributed by atoms with E-state index in [0.717, 1.165) is 11.1 Å². The number of thioether (sulfide) groups is 1. The van der Waals surface area contributed by atoms with E-state index in [2.05, 4.69) is 10.0 Å². The Labute approximate surface area is 180 Å². The number of hydrogen-bond donors (Lipinski definition) is 2. The Hall–Kier alpha value is -1.25. The van der Waals surface area contributed by atoms with Crippen LogP contribution < -0.4 is 10.0 Å². The lowest BCUT2D eigenvalue weighted by atomic mass is 10.1. The predicted octanol–water partition coefficient (Wildman–Crippen LogP) is 4.02. The van der Waals surface area contributed by atoms with Crippen molar-refractivity contribution in [3.05, 3.63) is 63.6 Å². The van der Waals surface area contributed by atoms with E-state index in [9.17, 15) is 13.2 Å². The summed E-state index contributed by atoms with van der Waals surface area (Å²) >= 11 is 13.4. The van der Waals surface area contributed by atoms with Crippen molar-refractivity contribution in [2.75, 3.05) is 12.0 Å². The largest absolute Gasteiger partial charge is 0.351 e. The molecule has 0 bridgehead atoms.